The van der Waals surface area contributed by atoms with E-state index in [0.29, 0.717) is 9.47 Å². The van der Waals surface area contributed by atoms with Gasteiger partial charge in [-0.2, -0.15) is 0 Å². The summed E-state index contributed by atoms with van der Waals surface area (Å²) in [5, 5.41) is 10.5. The van der Waals surface area contributed by atoms with E-state index in [2.05, 4.69) is 40.0 Å². The quantitative estimate of drug-likeness (QED) is 0.295. The molecule has 0 heterocycles. The van der Waals surface area contributed by atoms with Crippen molar-refractivity contribution in [3.05, 3.63) is 33.4 Å². The zero-order valence-corrected chi connectivity index (χ0v) is 13.9. The molecule has 0 aromatic heterocycles. The average Bonchev–Trinajstić information content (AvgIpc) is 2.12. The fourth-order valence-corrected chi connectivity index (χ4v) is 1.11. The maximum atomic E-state index is 10.5. The second kappa shape index (κ2) is 7.69. The Morgan fingerprint density at radius 3 is 2.27 bits per heavy atom. The molecule has 0 aliphatic heterocycles. The van der Waals surface area contributed by atoms with E-state index >= 15 is 0 Å². The van der Waals surface area contributed by atoms with Crippen molar-refractivity contribution in [2.45, 2.75) is 13.8 Å². The third kappa shape index (κ3) is 5.37. The second-order valence-electron chi connectivity index (χ2n) is 2.84. The molecule has 0 bridgehead atoms. The Hall–Kier alpha value is 0.464. The van der Waals surface area contributed by atoms with Crippen LogP contribution in [0.3, 0.4) is 0 Å². The van der Waals surface area contributed by atoms with E-state index in [9.17, 15) is 10.1 Å². The van der Waals surface area contributed by atoms with Gasteiger partial charge in [-0.25, -0.2) is 0 Å². The van der Waals surface area contributed by atoms with Gasteiger partial charge in [-0.3, -0.25) is 10.1 Å². The number of nitrogens with two attached hydrogens (primary N) is 1. The molecule has 1 aromatic rings. The third-order valence-corrected chi connectivity index (χ3v) is 1.71. The molecule has 0 fully saturated rings. The van der Waals surface area contributed by atoms with Crippen LogP contribution in [0.25, 0.3) is 0 Å². The molecule has 83 valence electrons. The number of aryl methyl sites for hydroxylation is 2. The maximum absolute atomic E-state index is 10.5. The zero-order valence-electron chi connectivity index (χ0n) is 8.20. The van der Waals surface area contributed by atoms with E-state index in [4.69, 9.17) is 5.73 Å². The Kier molecular flexibility index (Phi) is 7.93. The molecule has 0 saturated heterocycles. The number of rotatable bonds is 1. The van der Waals surface area contributed by atoms with Gasteiger partial charge in [-0.15, -0.1) is 0 Å². The average molecular weight is 471 g/mol. The number of benzene rings is 1. The van der Waals surface area contributed by atoms with Gasteiger partial charge in [0.25, 0.3) is 5.69 Å². The van der Waals surface area contributed by atoms with Crippen LogP contribution in [0.4, 0.5) is 11.4 Å². The van der Waals surface area contributed by atoms with Crippen LogP contribution in [0.5, 0.6) is 0 Å². The van der Waals surface area contributed by atoms with Crippen molar-refractivity contribution in [3.8, 4) is 0 Å². The van der Waals surface area contributed by atoms with Gasteiger partial charge in [0.15, 0.2) is 0 Å². The first kappa shape index (κ1) is 15.5. The van der Waals surface area contributed by atoms with Gasteiger partial charge in [-0.1, -0.05) is 6.07 Å². The monoisotopic (exact) mass is 471 g/mol. The van der Waals surface area contributed by atoms with Crippen LogP contribution in [-0.4, -0.2) is 4.92 Å². The molecule has 0 aliphatic rings. The van der Waals surface area contributed by atoms with E-state index < -0.39 is 4.92 Å². The molecule has 1 aromatic carbocycles. The minimum absolute atomic E-state index is 0.00694. The second-order valence-corrected chi connectivity index (χ2v) is 14.6. The van der Waals surface area contributed by atoms with Crippen LogP contribution in [-0.2, 0) is 9.47 Å². The molecule has 7 heteroatoms. The van der Waals surface area contributed by atoms with Crippen LogP contribution < -0.4 is 5.73 Å². The van der Waals surface area contributed by atoms with Crippen molar-refractivity contribution in [1.29, 1.82) is 0 Å². The van der Waals surface area contributed by atoms with Crippen LogP contribution in [0.1, 0.15) is 11.1 Å². The molecular formula is C8H10I2N2O2V. The van der Waals surface area contributed by atoms with E-state index in [1.165, 1.54) is 6.07 Å². The predicted octanol–water partition coefficient (Wildman–Crippen LogP) is 3.56. The van der Waals surface area contributed by atoms with Gasteiger partial charge in [0.2, 0.25) is 0 Å². The van der Waals surface area contributed by atoms with Gasteiger partial charge in [-0.05, 0) is 25.0 Å². The van der Waals surface area contributed by atoms with Gasteiger partial charge < -0.3 is 5.73 Å². The molecule has 0 amide bonds. The topological polar surface area (TPSA) is 69.2 Å². The van der Waals surface area contributed by atoms with E-state index in [-0.39, 0.29) is 11.4 Å². The molecule has 0 atom stereocenters. The van der Waals surface area contributed by atoms with Gasteiger partial charge in [0.05, 0.1) is 4.92 Å². The molecule has 2 N–H and O–H groups in total. The molecule has 4 nitrogen and oxygen atoms in total. The summed E-state index contributed by atoms with van der Waals surface area (Å²) in [4.78, 5) is 9.99. The van der Waals surface area contributed by atoms with Crippen LogP contribution in [0, 0.1) is 24.0 Å². The minimum atomic E-state index is -0.463. The number of nitro benzene ring substituents is 1. The number of halogens is 2. The van der Waals surface area contributed by atoms with Crippen molar-refractivity contribution >= 4 is 51.3 Å². The molecule has 0 spiro atoms. The van der Waals surface area contributed by atoms with Crippen molar-refractivity contribution in [2.24, 2.45) is 0 Å². The molecule has 0 aliphatic carbocycles. The number of nitrogen functional groups attached to an aromatic ring is 1. The first-order valence-corrected chi connectivity index (χ1v) is 12.9. The molecule has 1 rings (SSSR count). The number of nitrogens with zero attached hydrogens (tertiary/aromatic N) is 1. The Morgan fingerprint density at radius 2 is 1.87 bits per heavy atom. The standard InChI is InChI=1S/C8H10N2O2.2HI.V/c1-5-3-6(2)8(9)7(4-5)10(11)12;;;/h3-4H,9H2,1-2H3;2*1H;/q;;;+2/p-2. The van der Waals surface area contributed by atoms with Crippen molar-refractivity contribution < 1.29 is 14.4 Å². The summed E-state index contributed by atoms with van der Waals surface area (Å²) in [6.07, 6.45) is 0. The fourth-order valence-electron chi connectivity index (χ4n) is 1.11. The van der Waals surface area contributed by atoms with Crippen molar-refractivity contribution in [1.82, 2.24) is 0 Å². The Morgan fingerprint density at radius 1 is 1.40 bits per heavy atom. The van der Waals surface area contributed by atoms with Crippen LogP contribution in [0.2, 0.25) is 0 Å². The Bertz CT molecular complexity index is 361. The summed E-state index contributed by atoms with van der Waals surface area (Å²) < 4.78 is 0. The molecular weight excluding hydrogens is 461 g/mol. The summed E-state index contributed by atoms with van der Waals surface area (Å²) in [7, 11) is 0.628. The molecule has 15 heavy (non-hydrogen) atoms. The molecule has 0 saturated carbocycles. The van der Waals surface area contributed by atoms with E-state index in [0.717, 1.165) is 11.1 Å². The number of nitro groups is 1. The van der Waals surface area contributed by atoms with Crippen molar-refractivity contribution in [3.63, 3.8) is 0 Å². The summed E-state index contributed by atoms with van der Waals surface area (Å²) in [6, 6.07) is 3.30. The van der Waals surface area contributed by atoms with Gasteiger partial charge in [0.1, 0.15) is 5.69 Å². The number of anilines is 1. The van der Waals surface area contributed by atoms with Gasteiger partial charge in [0, 0.05) is 6.07 Å². The van der Waals surface area contributed by atoms with Crippen LogP contribution in [0.15, 0.2) is 12.1 Å². The van der Waals surface area contributed by atoms with E-state index in [1.54, 1.807) is 13.8 Å². The zero-order chi connectivity index (χ0) is 12.0. The summed E-state index contributed by atoms with van der Waals surface area (Å²) in [5.74, 6) is 0. The van der Waals surface area contributed by atoms with Crippen molar-refractivity contribution in [2.75, 3.05) is 5.73 Å². The summed E-state index contributed by atoms with van der Waals surface area (Å²) >= 11 is 4.74. The predicted molar refractivity (Wildman–Crippen MR) is 75.0 cm³/mol. The van der Waals surface area contributed by atoms with E-state index in [1.807, 2.05) is 6.07 Å². The first-order chi connectivity index (χ1) is 6.93. The Labute approximate surface area is 117 Å². The number of hydrogen-bond acceptors (Lipinski definition) is 3. The molecule has 0 radical (unpaired) electrons. The SMILES string of the molecule is Cc1cc(C)c(N)c([N+](=O)[O-])c1.[I][V][I]. The van der Waals surface area contributed by atoms with Crippen LogP contribution >= 0.6 is 40.0 Å². The Balaban J connectivity index is 0.000000583. The van der Waals surface area contributed by atoms with Gasteiger partial charge >= 0.3 is 49.4 Å². The summed E-state index contributed by atoms with van der Waals surface area (Å²) in [5.41, 5.74) is 7.37. The number of hydrogen-bond donors (Lipinski definition) is 1. The summed E-state index contributed by atoms with van der Waals surface area (Å²) in [6.45, 7) is 3.56. The normalized spacial score (nSPS) is 8.80. The molecule has 0 unspecified atom stereocenters. The first-order valence-electron chi connectivity index (χ1n) is 3.87. The third-order valence-electron chi connectivity index (χ3n) is 1.71. The fraction of sp³-hybridized carbons (Fsp3) is 0.250.